The number of carbonyl (C=O) groups is 1. The van der Waals surface area contributed by atoms with E-state index >= 15 is 0 Å². The predicted octanol–water partition coefficient (Wildman–Crippen LogP) is 4.32. The summed E-state index contributed by atoms with van der Waals surface area (Å²) in [5.74, 6) is -0.238. The number of carbonyl (C=O) groups excluding carboxylic acids is 1. The topological polar surface area (TPSA) is 78.7 Å². The van der Waals surface area contributed by atoms with Crippen molar-refractivity contribution in [2.24, 2.45) is 0 Å². The molecular weight excluding hydrogens is 340 g/mol. The molecule has 0 aliphatic rings. The maximum atomic E-state index is 12.6. The molecule has 0 radical (unpaired) electrons. The molecule has 1 amide bonds. The molecule has 0 unspecified atom stereocenters. The molecule has 3 aromatic heterocycles. The van der Waals surface area contributed by atoms with Gasteiger partial charge in [0.15, 0.2) is 0 Å². The van der Waals surface area contributed by atoms with Crippen molar-refractivity contribution >= 4 is 33.6 Å². The Hall–Kier alpha value is -2.56. The summed E-state index contributed by atoms with van der Waals surface area (Å²) in [6, 6.07) is 5.91. The third kappa shape index (κ3) is 2.94. The van der Waals surface area contributed by atoms with Gasteiger partial charge >= 0.3 is 0 Å². The second-order valence-electron chi connectivity index (χ2n) is 5.23. The summed E-state index contributed by atoms with van der Waals surface area (Å²) in [6.45, 7) is 5.63. The molecule has 24 heavy (non-hydrogen) atoms. The average Bonchev–Trinajstić information content (AvgIpc) is 3.09. The quantitative estimate of drug-likeness (QED) is 0.760. The van der Waals surface area contributed by atoms with Gasteiger partial charge in [0.1, 0.15) is 21.0 Å². The summed E-state index contributed by atoms with van der Waals surface area (Å²) >= 11 is 2.74. The zero-order chi connectivity index (χ0) is 17.3. The number of aryl methyl sites for hydroxylation is 2. The van der Waals surface area contributed by atoms with Gasteiger partial charge in [0.25, 0.3) is 5.91 Å². The van der Waals surface area contributed by atoms with Crippen molar-refractivity contribution in [3.63, 3.8) is 0 Å². The van der Waals surface area contributed by atoms with Gasteiger partial charge in [-0.1, -0.05) is 0 Å². The fourth-order valence-corrected chi connectivity index (χ4v) is 4.19. The van der Waals surface area contributed by atoms with Crippen LogP contribution in [0.4, 0.5) is 5.00 Å². The first kappa shape index (κ1) is 16.3. The van der Waals surface area contributed by atoms with Gasteiger partial charge in [-0.2, -0.15) is 5.26 Å². The van der Waals surface area contributed by atoms with Crippen LogP contribution in [-0.4, -0.2) is 15.9 Å². The maximum Gasteiger partial charge on any atom is 0.268 e. The van der Waals surface area contributed by atoms with Gasteiger partial charge in [-0.15, -0.1) is 22.7 Å². The Bertz CT molecular complexity index is 951. The third-order valence-corrected chi connectivity index (χ3v) is 5.96. The van der Waals surface area contributed by atoms with Gasteiger partial charge in [-0.25, -0.2) is 4.98 Å². The minimum Gasteiger partial charge on any atom is -0.312 e. The number of nitriles is 1. The molecule has 0 bridgehead atoms. The number of pyridine rings is 1. The van der Waals surface area contributed by atoms with Gasteiger partial charge in [0.05, 0.1) is 11.3 Å². The Morgan fingerprint density at radius 1 is 1.29 bits per heavy atom. The lowest BCUT2D eigenvalue weighted by molar-refractivity contribution is 0.103. The van der Waals surface area contributed by atoms with Gasteiger partial charge < -0.3 is 5.32 Å². The zero-order valence-electron chi connectivity index (χ0n) is 13.4. The SMILES string of the molecule is Cc1nc(-c2cccnc2)sc1C(=O)Nc1sc(C)c(C)c1C#N. The molecule has 0 aromatic carbocycles. The number of rotatable bonds is 3. The molecule has 1 N–H and O–H groups in total. The van der Waals surface area contributed by atoms with Crippen LogP contribution in [0.15, 0.2) is 24.5 Å². The monoisotopic (exact) mass is 354 g/mol. The fraction of sp³-hybridized carbons (Fsp3) is 0.176. The molecule has 0 aliphatic carbocycles. The van der Waals surface area contributed by atoms with E-state index in [2.05, 4.69) is 21.4 Å². The van der Waals surface area contributed by atoms with Crippen LogP contribution < -0.4 is 5.32 Å². The van der Waals surface area contributed by atoms with E-state index in [1.165, 1.54) is 22.7 Å². The Morgan fingerprint density at radius 2 is 2.08 bits per heavy atom. The van der Waals surface area contributed by atoms with Crippen LogP contribution in [0, 0.1) is 32.1 Å². The lowest BCUT2D eigenvalue weighted by Gasteiger charge is -2.01. The Labute approximate surface area is 147 Å². The van der Waals surface area contributed by atoms with Crippen LogP contribution in [0.25, 0.3) is 10.6 Å². The number of amides is 1. The van der Waals surface area contributed by atoms with Crippen molar-refractivity contribution < 1.29 is 4.79 Å². The Balaban J connectivity index is 1.91. The van der Waals surface area contributed by atoms with E-state index < -0.39 is 0 Å². The van der Waals surface area contributed by atoms with Crippen LogP contribution in [0.3, 0.4) is 0 Å². The van der Waals surface area contributed by atoms with Gasteiger partial charge in [-0.3, -0.25) is 9.78 Å². The number of thiazole rings is 1. The lowest BCUT2D eigenvalue weighted by atomic mass is 10.2. The molecule has 0 saturated heterocycles. The van der Waals surface area contributed by atoms with Crippen molar-refractivity contribution in [2.75, 3.05) is 5.32 Å². The molecule has 5 nitrogen and oxygen atoms in total. The second kappa shape index (κ2) is 6.51. The molecule has 0 spiro atoms. The standard InChI is InChI=1S/C17H14N4OS2/c1-9-11(3)23-17(13(9)7-18)21-15(22)14-10(2)20-16(24-14)12-5-4-6-19-8-12/h4-6,8H,1-3H3,(H,21,22). The molecule has 3 rings (SSSR count). The molecule has 3 heterocycles. The summed E-state index contributed by atoms with van der Waals surface area (Å²) in [6.07, 6.45) is 3.42. The van der Waals surface area contributed by atoms with Crippen molar-refractivity contribution in [3.05, 3.63) is 51.1 Å². The molecular formula is C17H14N4OS2. The maximum absolute atomic E-state index is 12.6. The molecule has 0 atom stereocenters. The molecule has 0 aliphatic heterocycles. The Morgan fingerprint density at radius 3 is 2.75 bits per heavy atom. The van der Waals surface area contributed by atoms with E-state index in [0.717, 1.165) is 21.0 Å². The first-order valence-corrected chi connectivity index (χ1v) is 8.83. The Kier molecular flexibility index (Phi) is 4.42. The second-order valence-corrected chi connectivity index (χ2v) is 7.45. The molecule has 3 aromatic rings. The number of hydrogen-bond donors (Lipinski definition) is 1. The van der Waals surface area contributed by atoms with Gasteiger partial charge in [-0.05, 0) is 38.5 Å². The molecule has 0 fully saturated rings. The summed E-state index contributed by atoms with van der Waals surface area (Å²) in [5.41, 5.74) is 2.99. The number of nitrogens with zero attached hydrogens (tertiary/aromatic N) is 3. The molecule has 0 saturated carbocycles. The highest BCUT2D eigenvalue weighted by Crippen LogP contribution is 2.33. The first-order valence-electron chi connectivity index (χ1n) is 7.20. The van der Waals surface area contributed by atoms with Crippen LogP contribution in [0.2, 0.25) is 0 Å². The van der Waals surface area contributed by atoms with E-state index in [1.807, 2.05) is 26.0 Å². The number of nitrogens with one attached hydrogen (secondary N) is 1. The molecule has 120 valence electrons. The number of hydrogen-bond acceptors (Lipinski definition) is 6. The minimum atomic E-state index is -0.238. The smallest absolute Gasteiger partial charge is 0.268 e. The van der Waals surface area contributed by atoms with Crippen LogP contribution in [0.5, 0.6) is 0 Å². The summed E-state index contributed by atoms with van der Waals surface area (Å²) in [5, 5.41) is 13.5. The number of anilines is 1. The van der Waals surface area contributed by atoms with Gasteiger partial charge in [0, 0.05) is 22.8 Å². The normalized spacial score (nSPS) is 10.4. The van der Waals surface area contributed by atoms with Gasteiger partial charge in [0.2, 0.25) is 0 Å². The van der Waals surface area contributed by atoms with E-state index in [0.29, 0.717) is 21.1 Å². The zero-order valence-corrected chi connectivity index (χ0v) is 15.0. The summed E-state index contributed by atoms with van der Waals surface area (Å²) in [7, 11) is 0. The lowest BCUT2D eigenvalue weighted by Crippen LogP contribution is -2.11. The fourth-order valence-electron chi connectivity index (χ4n) is 2.23. The van der Waals surface area contributed by atoms with Crippen LogP contribution in [-0.2, 0) is 0 Å². The van der Waals surface area contributed by atoms with E-state index in [9.17, 15) is 10.1 Å². The number of aromatic nitrogens is 2. The molecule has 7 heteroatoms. The van der Waals surface area contributed by atoms with Crippen LogP contribution >= 0.6 is 22.7 Å². The third-order valence-electron chi connectivity index (χ3n) is 3.64. The largest absolute Gasteiger partial charge is 0.312 e. The highest BCUT2D eigenvalue weighted by Gasteiger charge is 2.20. The van der Waals surface area contributed by atoms with E-state index in [1.54, 1.807) is 19.3 Å². The number of thiophene rings is 1. The highest BCUT2D eigenvalue weighted by atomic mass is 32.1. The van der Waals surface area contributed by atoms with Crippen LogP contribution in [0.1, 0.15) is 31.4 Å². The average molecular weight is 354 g/mol. The van der Waals surface area contributed by atoms with Crippen molar-refractivity contribution in [1.29, 1.82) is 5.26 Å². The first-order chi connectivity index (χ1) is 11.5. The minimum absolute atomic E-state index is 0.238. The summed E-state index contributed by atoms with van der Waals surface area (Å²) in [4.78, 5) is 22.7. The van der Waals surface area contributed by atoms with Crippen molar-refractivity contribution in [3.8, 4) is 16.6 Å². The van der Waals surface area contributed by atoms with E-state index in [4.69, 9.17) is 0 Å². The van der Waals surface area contributed by atoms with E-state index in [-0.39, 0.29) is 5.91 Å². The summed E-state index contributed by atoms with van der Waals surface area (Å²) < 4.78 is 0. The van der Waals surface area contributed by atoms with Crippen molar-refractivity contribution in [1.82, 2.24) is 9.97 Å². The van der Waals surface area contributed by atoms with Crippen molar-refractivity contribution in [2.45, 2.75) is 20.8 Å². The highest BCUT2D eigenvalue weighted by molar-refractivity contribution is 7.18. The predicted molar refractivity (Wildman–Crippen MR) is 96.5 cm³/mol.